The van der Waals surface area contributed by atoms with E-state index in [1.54, 1.807) is 16.9 Å². The molecule has 0 saturated carbocycles. The van der Waals surface area contributed by atoms with Crippen LogP contribution in [-0.2, 0) is 7.05 Å². The number of hydrogen-bond acceptors (Lipinski definition) is 7. The van der Waals surface area contributed by atoms with Gasteiger partial charge in [0.2, 0.25) is 0 Å². The van der Waals surface area contributed by atoms with Crippen LogP contribution >= 0.6 is 0 Å². The molecule has 2 fully saturated rings. The summed E-state index contributed by atoms with van der Waals surface area (Å²) in [7, 11) is 5.51. The van der Waals surface area contributed by atoms with E-state index < -0.39 is 0 Å². The number of nitro groups is 1. The van der Waals surface area contributed by atoms with Crippen LogP contribution in [0.25, 0.3) is 11.1 Å². The molecule has 0 bridgehead atoms. The summed E-state index contributed by atoms with van der Waals surface area (Å²) in [5.74, 6) is 0.295. The van der Waals surface area contributed by atoms with Crippen LogP contribution in [0.3, 0.4) is 0 Å². The van der Waals surface area contributed by atoms with Gasteiger partial charge in [0.05, 0.1) is 18.2 Å². The summed E-state index contributed by atoms with van der Waals surface area (Å²) >= 11 is 0. The van der Waals surface area contributed by atoms with Crippen LogP contribution in [0.2, 0.25) is 0 Å². The van der Waals surface area contributed by atoms with Crippen molar-refractivity contribution in [3.05, 3.63) is 34.6 Å². The van der Waals surface area contributed by atoms with Gasteiger partial charge in [0.15, 0.2) is 5.75 Å². The molecule has 0 atom stereocenters. The highest BCUT2D eigenvalue weighted by atomic mass is 16.6. The van der Waals surface area contributed by atoms with Crippen molar-refractivity contribution in [1.29, 1.82) is 0 Å². The van der Waals surface area contributed by atoms with E-state index in [2.05, 4.69) is 26.8 Å². The molecular formula is C21H30N6O3. The van der Waals surface area contributed by atoms with E-state index in [4.69, 9.17) is 4.74 Å². The molecule has 0 unspecified atom stereocenters. The van der Waals surface area contributed by atoms with Gasteiger partial charge in [0, 0.05) is 87.5 Å². The lowest BCUT2D eigenvalue weighted by atomic mass is 9.98. The number of rotatable bonds is 5. The standard InChI is InChI=1S/C21H30N6O3/c1-23-8-10-25(11-9-23)17-4-6-26(7-5-17)19-13-21(30-3)20(27(28)29)12-18(19)16-14-22-24(2)15-16/h12-15,17H,4-11H2,1-3H3. The zero-order valence-electron chi connectivity index (χ0n) is 18.0. The Labute approximate surface area is 177 Å². The molecule has 0 amide bonds. The van der Waals surface area contributed by atoms with Gasteiger partial charge in [-0.2, -0.15) is 5.10 Å². The monoisotopic (exact) mass is 414 g/mol. The van der Waals surface area contributed by atoms with Crippen molar-refractivity contribution in [2.45, 2.75) is 18.9 Å². The topological polar surface area (TPSA) is 79.9 Å². The van der Waals surface area contributed by atoms with Crippen LogP contribution in [0.1, 0.15) is 12.8 Å². The molecule has 2 aromatic rings. The Morgan fingerprint density at radius 2 is 1.80 bits per heavy atom. The molecule has 0 radical (unpaired) electrons. The zero-order valence-corrected chi connectivity index (χ0v) is 18.0. The number of aryl methyl sites for hydroxylation is 1. The van der Waals surface area contributed by atoms with Crippen molar-refractivity contribution in [1.82, 2.24) is 19.6 Å². The second kappa shape index (κ2) is 8.61. The molecule has 1 aromatic carbocycles. The zero-order chi connectivity index (χ0) is 21.3. The molecule has 2 aliphatic rings. The Kier molecular flexibility index (Phi) is 5.92. The second-order valence-electron chi connectivity index (χ2n) is 8.26. The third-order valence-electron chi connectivity index (χ3n) is 6.37. The van der Waals surface area contributed by atoms with E-state index in [9.17, 15) is 10.1 Å². The number of likely N-dealkylation sites (N-methyl/N-ethyl adjacent to an activating group) is 1. The Morgan fingerprint density at radius 3 is 2.37 bits per heavy atom. The average Bonchev–Trinajstić information content (AvgIpc) is 3.19. The van der Waals surface area contributed by atoms with Crippen LogP contribution in [0, 0.1) is 10.1 Å². The van der Waals surface area contributed by atoms with Crippen molar-refractivity contribution in [3.63, 3.8) is 0 Å². The summed E-state index contributed by atoms with van der Waals surface area (Å²) in [6.07, 6.45) is 5.84. The number of benzene rings is 1. The first-order valence-corrected chi connectivity index (χ1v) is 10.5. The Bertz CT molecular complexity index is 898. The maximum absolute atomic E-state index is 11.6. The molecule has 3 heterocycles. The molecule has 2 saturated heterocycles. The van der Waals surface area contributed by atoms with E-state index in [1.165, 1.54) is 7.11 Å². The van der Waals surface area contributed by atoms with Crippen molar-refractivity contribution in [3.8, 4) is 16.9 Å². The number of nitrogens with zero attached hydrogens (tertiary/aromatic N) is 6. The van der Waals surface area contributed by atoms with Gasteiger partial charge in [-0.25, -0.2) is 0 Å². The van der Waals surface area contributed by atoms with Crippen LogP contribution in [0.15, 0.2) is 24.5 Å². The molecule has 4 rings (SSSR count). The fourth-order valence-corrected chi connectivity index (χ4v) is 4.58. The number of nitro benzene ring substituents is 1. The highest BCUT2D eigenvalue weighted by Gasteiger charge is 2.29. The van der Waals surface area contributed by atoms with Crippen LogP contribution in [0.5, 0.6) is 5.75 Å². The van der Waals surface area contributed by atoms with Crippen LogP contribution in [0.4, 0.5) is 11.4 Å². The quantitative estimate of drug-likeness (QED) is 0.548. The maximum atomic E-state index is 11.6. The highest BCUT2D eigenvalue weighted by Crippen LogP contribution is 2.41. The van der Waals surface area contributed by atoms with Crippen molar-refractivity contribution >= 4 is 11.4 Å². The first-order chi connectivity index (χ1) is 14.5. The molecule has 30 heavy (non-hydrogen) atoms. The molecule has 9 heteroatoms. The van der Waals surface area contributed by atoms with E-state index in [0.717, 1.165) is 68.9 Å². The molecule has 0 N–H and O–H groups in total. The molecular weight excluding hydrogens is 384 g/mol. The van der Waals surface area contributed by atoms with Gasteiger partial charge in [-0.3, -0.25) is 19.7 Å². The normalized spacial score (nSPS) is 19.2. The predicted octanol–water partition coefficient (Wildman–Crippen LogP) is 2.22. The van der Waals surface area contributed by atoms with Gasteiger partial charge >= 0.3 is 5.69 Å². The number of piperidine rings is 1. The Hall–Kier alpha value is -2.65. The number of aromatic nitrogens is 2. The Balaban J connectivity index is 1.59. The van der Waals surface area contributed by atoms with Gasteiger partial charge in [-0.05, 0) is 19.9 Å². The summed E-state index contributed by atoms with van der Waals surface area (Å²) in [6, 6.07) is 4.05. The second-order valence-corrected chi connectivity index (χ2v) is 8.26. The first-order valence-electron chi connectivity index (χ1n) is 10.5. The van der Waals surface area contributed by atoms with Gasteiger partial charge in [-0.15, -0.1) is 0 Å². The maximum Gasteiger partial charge on any atom is 0.311 e. The number of ether oxygens (including phenoxy) is 1. The number of anilines is 1. The molecule has 9 nitrogen and oxygen atoms in total. The molecule has 0 aliphatic carbocycles. The largest absolute Gasteiger partial charge is 0.490 e. The number of piperazine rings is 1. The number of methoxy groups -OCH3 is 1. The minimum Gasteiger partial charge on any atom is -0.490 e. The molecule has 0 spiro atoms. The van der Waals surface area contributed by atoms with E-state index in [1.807, 2.05) is 19.3 Å². The summed E-state index contributed by atoms with van der Waals surface area (Å²) in [6.45, 7) is 6.37. The lowest BCUT2D eigenvalue weighted by molar-refractivity contribution is -0.385. The lowest BCUT2D eigenvalue weighted by Gasteiger charge is -2.43. The van der Waals surface area contributed by atoms with E-state index in [0.29, 0.717) is 11.8 Å². The SMILES string of the molecule is COc1cc(N2CCC(N3CCN(C)CC3)CC2)c(-c2cnn(C)c2)cc1[N+](=O)[O-]. The lowest BCUT2D eigenvalue weighted by Crippen LogP contribution is -2.52. The van der Waals surface area contributed by atoms with Crippen LogP contribution < -0.4 is 9.64 Å². The van der Waals surface area contributed by atoms with Gasteiger partial charge in [0.25, 0.3) is 0 Å². The van der Waals surface area contributed by atoms with Gasteiger partial charge in [0.1, 0.15) is 0 Å². The number of hydrogen-bond donors (Lipinski definition) is 0. The summed E-state index contributed by atoms with van der Waals surface area (Å²) in [4.78, 5) is 18.5. The van der Waals surface area contributed by atoms with Crippen LogP contribution in [-0.4, -0.2) is 84.0 Å². The smallest absolute Gasteiger partial charge is 0.311 e. The summed E-state index contributed by atoms with van der Waals surface area (Å²) < 4.78 is 7.08. The highest BCUT2D eigenvalue weighted by molar-refractivity contribution is 5.82. The fraction of sp³-hybridized carbons (Fsp3) is 0.571. The third-order valence-corrected chi connectivity index (χ3v) is 6.37. The summed E-state index contributed by atoms with van der Waals surface area (Å²) in [5, 5.41) is 15.8. The molecule has 162 valence electrons. The van der Waals surface area contributed by atoms with Crippen molar-refractivity contribution in [2.75, 3.05) is 58.3 Å². The van der Waals surface area contributed by atoms with E-state index in [-0.39, 0.29) is 10.6 Å². The van der Waals surface area contributed by atoms with Gasteiger partial charge < -0.3 is 14.5 Å². The first kappa shape index (κ1) is 20.6. The van der Waals surface area contributed by atoms with Gasteiger partial charge in [-0.1, -0.05) is 0 Å². The van der Waals surface area contributed by atoms with Crippen molar-refractivity contribution in [2.24, 2.45) is 7.05 Å². The predicted molar refractivity (Wildman–Crippen MR) is 116 cm³/mol. The minimum atomic E-state index is -0.387. The average molecular weight is 415 g/mol. The minimum absolute atomic E-state index is 0.0209. The van der Waals surface area contributed by atoms with Crippen molar-refractivity contribution < 1.29 is 9.66 Å². The molecule has 2 aliphatic heterocycles. The Morgan fingerprint density at radius 1 is 1.10 bits per heavy atom. The summed E-state index contributed by atoms with van der Waals surface area (Å²) in [5.41, 5.74) is 2.66. The van der Waals surface area contributed by atoms with E-state index >= 15 is 0 Å². The third kappa shape index (κ3) is 4.13. The molecule has 1 aromatic heterocycles. The fourth-order valence-electron chi connectivity index (χ4n) is 4.58.